The van der Waals surface area contributed by atoms with Gasteiger partial charge in [-0.2, -0.15) is 0 Å². The van der Waals surface area contributed by atoms with Crippen LogP contribution < -0.4 is 4.90 Å². The number of aryl methyl sites for hydroxylation is 2. The monoisotopic (exact) mass is 408 g/mol. The summed E-state index contributed by atoms with van der Waals surface area (Å²) in [6, 6.07) is 19.2. The van der Waals surface area contributed by atoms with E-state index in [-0.39, 0.29) is 5.91 Å². The van der Waals surface area contributed by atoms with Gasteiger partial charge in [-0.25, -0.2) is 8.42 Å². The van der Waals surface area contributed by atoms with Crippen LogP contribution in [0.5, 0.6) is 0 Å². The SMILES string of the molecule is CS(=O)(=O)c1ccc2c(c1)CCCN2C(=O)CCc1ccc(-c2ccccc2)[nH]1. The Morgan fingerprint density at radius 1 is 1.07 bits per heavy atom. The Hall–Kier alpha value is -2.86. The lowest BCUT2D eigenvalue weighted by Crippen LogP contribution is -2.35. The number of fused-ring (bicyclic) bond motifs is 1. The van der Waals surface area contributed by atoms with E-state index in [1.807, 2.05) is 30.3 Å². The van der Waals surface area contributed by atoms with Crippen LogP contribution in [0.25, 0.3) is 11.3 Å². The molecule has 4 rings (SSSR count). The summed E-state index contributed by atoms with van der Waals surface area (Å²) in [7, 11) is -3.25. The predicted octanol–water partition coefficient (Wildman–Crippen LogP) is 4.00. The summed E-state index contributed by atoms with van der Waals surface area (Å²) in [5.41, 5.74) is 4.96. The van der Waals surface area contributed by atoms with Crippen LogP contribution in [0.15, 0.2) is 65.6 Å². The predicted molar refractivity (Wildman–Crippen MR) is 115 cm³/mol. The van der Waals surface area contributed by atoms with Crippen molar-refractivity contribution in [3.8, 4) is 11.3 Å². The average molecular weight is 409 g/mol. The number of nitrogens with zero attached hydrogens (tertiary/aromatic N) is 1. The van der Waals surface area contributed by atoms with E-state index in [0.29, 0.717) is 24.3 Å². The van der Waals surface area contributed by atoms with E-state index in [4.69, 9.17) is 0 Å². The van der Waals surface area contributed by atoms with Gasteiger partial charge in [0.05, 0.1) is 4.90 Å². The van der Waals surface area contributed by atoms with E-state index in [1.54, 1.807) is 23.1 Å². The first-order valence-corrected chi connectivity index (χ1v) is 11.7. The Balaban J connectivity index is 1.46. The van der Waals surface area contributed by atoms with Crippen molar-refractivity contribution in [3.63, 3.8) is 0 Å². The van der Waals surface area contributed by atoms with Crippen LogP contribution in [0.2, 0.25) is 0 Å². The van der Waals surface area contributed by atoms with E-state index < -0.39 is 9.84 Å². The summed E-state index contributed by atoms with van der Waals surface area (Å²) in [6.45, 7) is 0.671. The molecule has 1 aromatic heterocycles. The van der Waals surface area contributed by atoms with Crippen LogP contribution in [-0.4, -0.2) is 32.1 Å². The molecule has 150 valence electrons. The summed E-state index contributed by atoms with van der Waals surface area (Å²) in [5.74, 6) is 0.0638. The second kappa shape index (κ2) is 7.87. The standard InChI is InChI=1S/C23H24N2O3S/c1-29(27,28)20-11-13-22-18(16-20)8-5-15-25(22)23(26)14-10-19-9-12-21(24-19)17-6-3-2-4-7-17/h2-4,6-7,9,11-13,16,24H,5,8,10,14-15H2,1H3. The number of hydrogen-bond acceptors (Lipinski definition) is 3. The minimum absolute atomic E-state index is 0.0638. The van der Waals surface area contributed by atoms with E-state index in [9.17, 15) is 13.2 Å². The minimum Gasteiger partial charge on any atom is -0.358 e. The molecule has 6 heteroatoms. The average Bonchev–Trinajstić information content (AvgIpc) is 3.20. The maximum Gasteiger partial charge on any atom is 0.227 e. The van der Waals surface area contributed by atoms with Crippen molar-refractivity contribution >= 4 is 21.4 Å². The van der Waals surface area contributed by atoms with Crippen molar-refractivity contribution in [1.82, 2.24) is 4.98 Å². The molecule has 0 aliphatic carbocycles. The maximum atomic E-state index is 12.9. The number of hydrogen-bond donors (Lipinski definition) is 1. The number of sulfone groups is 1. The van der Waals surface area contributed by atoms with Crippen LogP contribution in [0.1, 0.15) is 24.1 Å². The number of aromatic amines is 1. The number of H-pyrrole nitrogens is 1. The highest BCUT2D eigenvalue weighted by Gasteiger charge is 2.23. The normalized spacial score (nSPS) is 13.9. The third kappa shape index (κ3) is 4.27. The third-order valence-corrected chi connectivity index (χ3v) is 6.45. The number of amides is 1. The van der Waals surface area contributed by atoms with Gasteiger partial charge in [-0.3, -0.25) is 4.79 Å². The summed E-state index contributed by atoms with van der Waals surface area (Å²) in [4.78, 5) is 18.4. The molecule has 5 nitrogen and oxygen atoms in total. The molecule has 2 heterocycles. The molecular weight excluding hydrogens is 384 g/mol. The highest BCUT2D eigenvalue weighted by molar-refractivity contribution is 7.90. The van der Waals surface area contributed by atoms with Crippen LogP contribution in [-0.2, 0) is 27.5 Å². The highest BCUT2D eigenvalue weighted by Crippen LogP contribution is 2.30. The van der Waals surface area contributed by atoms with Gasteiger partial charge < -0.3 is 9.88 Å². The second-order valence-electron chi connectivity index (χ2n) is 7.47. The van der Waals surface area contributed by atoms with Crippen molar-refractivity contribution in [2.24, 2.45) is 0 Å². The molecule has 0 unspecified atom stereocenters. The minimum atomic E-state index is -3.25. The van der Waals surface area contributed by atoms with Gasteiger partial charge in [0.1, 0.15) is 0 Å². The fourth-order valence-electron chi connectivity index (χ4n) is 3.81. The first-order valence-electron chi connectivity index (χ1n) is 9.78. The Morgan fingerprint density at radius 2 is 1.86 bits per heavy atom. The molecule has 0 fully saturated rings. The lowest BCUT2D eigenvalue weighted by atomic mass is 10.0. The Morgan fingerprint density at radius 3 is 2.62 bits per heavy atom. The van der Waals surface area contributed by atoms with Crippen molar-refractivity contribution in [3.05, 3.63) is 71.9 Å². The number of carbonyl (C=O) groups excluding carboxylic acids is 1. The molecule has 2 aromatic carbocycles. The molecule has 0 bridgehead atoms. The van der Waals surface area contributed by atoms with Gasteiger partial charge in [0.15, 0.2) is 9.84 Å². The lowest BCUT2D eigenvalue weighted by molar-refractivity contribution is -0.118. The van der Waals surface area contributed by atoms with E-state index in [0.717, 1.165) is 41.0 Å². The zero-order valence-electron chi connectivity index (χ0n) is 16.4. The third-order valence-electron chi connectivity index (χ3n) is 5.34. The van der Waals surface area contributed by atoms with E-state index in [1.165, 1.54) is 6.26 Å². The molecule has 0 atom stereocenters. The molecular formula is C23H24N2O3S. The van der Waals surface area contributed by atoms with E-state index >= 15 is 0 Å². The Labute approximate surface area is 171 Å². The summed E-state index contributed by atoms with van der Waals surface area (Å²) < 4.78 is 23.6. The summed E-state index contributed by atoms with van der Waals surface area (Å²) >= 11 is 0. The largest absolute Gasteiger partial charge is 0.358 e. The molecule has 0 radical (unpaired) electrons. The van der Waals surface area contributed by atoms with Gasteiger partial charge in [0.25, 0.3) is 0 Å². The highest BCUT2D eigenvalue weighted by atomic mass is 32.2. The molecule has 0 saturated carbocycles. The Kier molecular flexibility index (Phi) is 5.28. The van der Waals surface area contributed by atoms with Crippen molar-refractivity contribution < 1.29 is 13.2 Å². The molecule has 1 aliphatic rings. The quantitative estimate of drug-likeness (QED) is 0.694. The van der Waals surface area contributed by atoms with Gasteiger partial charge >= 0.3 is 0 Å². The van der Waals surface area contributed by atoms with Gasteiger partial charge in [-0.1, -0.05) is 30.3 Å². The molecule has 29 heavy (non-hydrogen) atoms. The number of aromatic nitrogens is 1. The zero-order valence-corrected chi connectivity index (χ0v) is 17.2. The number of benzene rings is 2. The van der Waals surface area contributed by atoms with Gasteiger partial charge in [0.2, 0.25) is 5.91 Å². The zero-order chi connectivity index (χ0) is 20.4. The molecule has 3 aromatic rings. The number of rotatable bonds is 5. The fraction of sp³-hybridized carbons (Fsp3) is 0.261. The van der Waals surface area contributed by atoms with Gasteiger partial charge in [-0.05, 0) is 60.7 Å². The van der Waals surface area contributed by atoms with Crippen molar-refractivity contribution in [2.45, 2.75) is 30.6 Å². The van der Waals surface area contributed by atoms with Crippen molar-refractivity contribution in [2.75, 3.05) is 17.7 Å². The summed E-state index contributed by atoms with van der Waals surface area (Å²) in [6.07, 6.45) is 3.88. The number of anilines is 1. The molecule has 0 saturated heterocycles. The molecule has 1 aliphatic heterocycles. The van der Waals surface area contributed by atoms with Crippen molar-refractivity contribution in [1.29, 1.82) is 0 Å². The van der Waals surface area contributed by atoms with Crippen LogP contribution in [0.3, 0.4) is 0 Å². The second-order valence-corrected chi connectivity index (χ2v) is 9.49. The van der Waals surface area contributed by atoms with E-state index in [2.05, 4.69) is 17.1 Å². The first kappa shape index (κ1) is 19.5. The van der Waals surface area contributed by atoms with Crippen LogP contribution in [0.4, 0.5) is 5.69 Å². The fourth-order valence-corrected chi connectivity index (χ4v) is 4.48. The number of nitrogens with one attached hydrogen (secondary N) is 1. The molecule has 1 amide bonds. The first-order chi connectivity index (χ1) is 13.9. The number of carbonyl (C=O) groups is 1. The van der Waals surface area contributed by atoms with Gasteiger partial charge in [-0.15, -0.1) is 0 Å². The lowest BCUT2D eigenvalue weighted by Gasteiger charge is -2.30. The maximum absolute atomic E-state index is 12.9. The Bertz CT molecular complexity index is 1130. The molecule has 0 spiro atoms. The topological polar surface area (TPSA) is 70.2 Å². The summed E-state index contributed by atoms with van der Waals surface area (Å²) in [5, 5.41) is 0. The van der Waals surface area contributed by atoms with Crippen LogP contribution in [0, 0.1) is 0 Å². The van der Waals surface area contributed by atoms with Gasteiger partial charge in [0, 0.05) is 36.3 Å². The smallest absolute Gasteiger partial charge is 0.227 e. The van der Waals surface area contributed by atoms with Crippen LogP contribution >= 0.6 is 0 Å². The molecule has 1 N–H and O–H groups in total.